The molecule has 1 aliphatic carbocycles. The summed E-state index contributed by atoms with van der Waals surface area (Å²) < 4.78 is 5.24. The lowest BCUT2D eigenvalue weighted by molar-refractivity contribution is 0.0520. The maximum atomic E-state index is 11.6. The van der Waals surface area contributed by atoms with Gasteiger partial charge in [-0.15, -0.1) is 0 Å². The van der Waals surface area contributed by atoms with Crippen LogP contribution in [0.4, 0.5) is 4.79 Å². The highest BCUT2D eigenvalue weighted by molar-refractivity contribution is 5.67. The summed E-state index contributed by atoms with van der Waals surface area (Å²) in [7, 11) is 0. The minimum absolute atomic E-state index is 0.264. The van der Waals surface area contributed by atoms with Crippen molar-refractivity contribution in [2.24, 2.45) is 11.8 Å². The van der Waals surface area contributed by atoms with Crippen molar-refractivity contribution in [2.45, 2.75) is 78.5 Å². The van der Waals surface area contributed by atoms with Gasteiger partial charge in [-0.1, -0.05) is 26.7 Å². The monoisotopic (exact) mass is 284 g/mol. The summed E-state index contributed by atoms with van der Waals surface area (Å²) in [6.07, 6.45) is 3.54. The van der Waals surface area contributed by atoms with E-state index in [9.17, 15) is 4.79 Å². The van der Waals surface area contributed by atoms with Crippen LogP contribution in [0.2, 0.25) is 0 Å². The fourth-order valence-corrected chi connectivity index (χ4v) is 2.79. The fourth-order valence-electron chi connectivity index (χ4n) is 2.79. The first-order valence-corrected chi connectivity index (χ1v) is 7.92. The molecule has 0 radical (unpaired) electrons. The molecule has 0 aliphatic heterocycles. The SMILES string of the molecule is CC(CNC(=O)OC(C)(C)C)NC1CCCC(C)C1C. The van der Waals surface area contributed by atoms with Crippen molar-refractivity contribution >= 4 is 6.09 Å². The van der Waals surface area contributed by atoms with Crippen LogP contribution in [0.25, 0.3) is 0 Å². The fraction of sp³-hybridized carbons (Fsp3) is 0.938. The third kappa shape index (κ3) is 6.12. The van der Waals surface area contributed by atoms with Crippen LogP contribution in [0, 0.1) is 11.8 Å². The van der Waals surface area contributed by atoms with Crippen LogP contribution in [0.15, 0.2) is 0 Å². The number of carbonyl (C=O) groups excluding carboxylic acids is 1. The van der Waals surface area contributed by atoms with E-state index in [0.29, 0.717) is 18.5 Å². The zero-order valence-electron chi connectivity index (χ0n) is 14.0. The second-order valence-electron chi connectivity index (χ2n) is 7.32. The molecule has 0 bridgehead atoms. The number of rotatable bonds is 4. The second-order valence-corrected chi connectivity index (χ2v) is 7.32. The molecule has 1 amide bonds. The molecule has 1 saturated carbocycles. The summed E-state index contributed by atoms with van der Waals surface area (Å²) in [6.45, 7) is 13.0. The summed E-state index contributed by atoms with van der Waals surface area (Å²) >= 11 is 0. The highest BCUT2D eigenvalue weighted by Crippen LogP contribution is 2.29. The van der Waals surface area contributed by atoms with Gasteiger partial charge in [0.25, 0.3) is 0 Å². The van der Waals surface area contributed by atoms with Crippen LogP contribution in [0.1, 0.15) is 60.8 Å². The van der Waals surface area contributed by atoms with E-state index in [1.807, 2.05) is 20.8 Å². The lowest BCUT2D eigenvalue weighted by atomic mass is 9.78. The first kappa shape index (κ1) is 17.3. The molecule has 0 heterocycles. The van der Waals surface area contributed by atoms with Gasteiger partial charge in [0, 0.05) is 18.6 Å². The summed E-state index contributed by atoms with van der Waals surface area (Å²) in [6, 6.07) is 0.828. The van der Waals surface area contributed by atoms with Gasteiger partial charge in [-0.25, -0.2) is 4.79 Å². The van der Waals surface area contributed by atoms with Crippen molar-refractivity contribution in [3.8, 4) is 0 Å². The van der Waals surface area contributed by atoms with Gasteiger partial charge in [-0.2, -0.15) is 0 Å². The zero-order valence-corrected chi connectivity index (χ0v) is 14.0. The van der Waals surface area contributed by atoms with Gasteiger partial charge >= 0.3 is 6.09 Å². The van der Waals surface area contributed by atoms with Gasteiger partial charge in [0.05, 0.1) is 0 Å². The van der Waals surface area contributed by atoms with E-state index in [1.165, 1.54) is 19.3 Å². The third-order valence-electron chi connectivity index (χ3n) is 4.16. The smallest absolute Gasteiger partial charge is 0.407 e. The number of amides is 1. The molecule has 1 fully saturated rings. The molecule has 4 atom stereocenters. The van der Waals surface area contributed by atoms with E-state index < -0.39 is 5.60 Å². The highest BCUT2D eigenvalue weighted by atomic mass is 16.6. The molecule has 0 aromatic heterocycles. The Hall–Kier alpha value is -0.770. The Morgan fingerprint density at radius 1 is 1.30 bits per heavy atom. The van der Waals surface area contributed by atoms with Gasteiger partial charge in [0.2, 0.25) is 0 Å². The molecule has 2 N–H and O–H groups in total. The predicted molar refractivity (Wildman–Crippen MR) is 82.8 cm³/mol. The topological polar surface area (TPSA) is 50.4 Å². The Kier molecular flexibility index (Phi) is 6.31. The normalized spacial score (nSPS) is 28.8. The van der Waals surface area contributed by atoms with Crippen molar-refractivity contribution in [2.75, 3.05) is 6.54 Å². The van der Waals surface area contributed by atoms with Crippen molar-refractivity contribution in [3.63, 3.8) is 0 Å². The van der Waals surface area contributed by atoms with Crippen LogP contribution < -0.4 is 10.6 Å². The lowest BCUT2D eigenvalue weighted by Crippen LogP contribution is -2.49. The first-order chi connectivity index (χ1) is 9.19. The number of hydrogen-bond donors (Lipinski definition) is 2. The molecule has 0 aromatic carbocycles. The average Bonchev–Trinajstić information content (AvgIpc) is 2.30. The molecule has 0 saturated heterocycles. The van der Waals surface area contributed by atoms with Crippen LogP contribution in [-0.2, 0) is 4.74 Å². The molecule has 4 unspecified atom stereocenters. The highest BCUT2D eigenvalue weighted by Gasteiger charge is 2.27. The molecular formula is C16H32N2O2. The molecule has 4 heteroatoms. The van der Waals surface area contributed by atoms with Gasteiger partial charge in [-0.05, 0) is 46.0 Å². The molecule has 118 valence electrons. The molecular weight excluding hydrogens is 252 g/mol. The molecule has 0 aromatic rings. The molecule has 4 nitrogen and oxygen atoms in total. The van der Waals surface area contributed by atoms with Crippen molar-refractivity contribution in [3.05, 3.63) is 0 Å². The summed E-state index contributed by atoms with van der Waals surface area (Å²) in [4.78, 5) is 11.6. The minimum atomic E-state index is -0.436. The quantitative estimate of drug-likeness (QED) is 0.832. The Morgan fingerprint density at radius 3 is 2.55 bits per heavy atom. The van der Waals surface area contributed by atoms with E-state index in [4.69, 9.17) is 4.74 Å². The van der Waals surface area contributed by atoms with E-state index in [1.54, 1.807) is 0 Å². The standard InChI is InChI=1S/C16H32N2O2/c1-11-8-7-9-14(13(11)3)18-12(2)10-17-15(19)20-16(4,5)6/h11-14,18H,7-10H2,1-6H3,(H,17,19). The molecule has 0 spiro atoms. The maximum absolute atomic E-state index is 11.6. The van der Waals surface area contributed by atoms with E-state index >= 15 is 0 Å². The van der Waals surface area contributed by atoms with Crippen molar-refractivity contribution < 1.29 is 9.53 Å². The Bertz CT molecular complexity index is 312. The second kappa shape index (κ2) is 7.30. The Labute approximate surface area is 124 Å². The van der Waals surface area contributed by atoms with Crippen LogP contribution in [0.5, 0.6) is 0 Å². The van der Waals surface area contributed by atoms with E-state index in [-0.39, 0.29) is 12.1 Å². The third-order valence-corrected chi connectivity index (χ3v) is 4.16. The van der Waals surface area contributed by atoms with E-state index in [0.717, 1.165) is 5.92 Å². The van der Waals surface area contributed by atoms with Crippen LogP contribution in [-0.4, -0.2) is 30.3 Å². The van der Waals surface area contributed by atoms with E-state index in [2.05, 4.69) is 31.4 Å². The lowest BCUT2D eigenvalue weighted by Gasteiger charge is -2.36. The number of carbonyl (C=O) groups is 1. The van der Waals surface area contributed by atoms with Gasteiger partial charge in [0.15, 0.2) is 0 Å². The molecule has 1 rings (SSSR count). The minimum Gasteiger partial charge on any atom is -0.444 e. The van der Waals surface area contributed by atoms with Crippen molar-refractivity contribution in [1.29, 1.82) is 0 Å². The van der Waals surface area contributed by atoms with Gasteiger partial charge in [-0.3, -0.25) is 0 Å². The maximum Gasteiger partial charge on any atom is 0.407 e. The Morgan fingerprint density at radius 2 is 1.95 bits per heavy atom. The van der Waals surface area contributed by atoms with Crippen LogP contribution in [0.3, 0.4) is 0 Å². The molecule has 20 heavy (non-hydrogen) atoms. The number of ether oxygens (including phenoxy) is 1. The van der Waals surface area contributed by atoms with Gasteiger partial charge in [0.1, 0.15) is 5.60 Å². The molecule has 1 aliphatic rings. The summed E-state index contributed by atoms with van der Waals surface area (Å²) in [5.41, 5.74) is -0.436. The number of alkyl carbamates (subject to hydrolysis) is 1. The van der Waals surface area contributed by atoms with Crippen LogP contribution >= 0.6 is 0 Å². The average molecular weight is 284 g/mol. The summed E-state index contributed by atoms with van der Waals surface area (Å²) in [5, 5.41) is 6.48. The predicted octanol–water partition coefficient (Wildman–Crippen LogP) is 3.31. The van der Waals surface area contributed by atoms with Gasteiger partial charge < -0.3 is 15.4 Å². The summed E-state index contributed by atoms with van der Waals surface area (Å²) in [5.74, 6) is 1.49. The Balaban J connectivity index is 2.29. The number of hydrogen-bond acceptors (Lipinski definition) is 3. The zero-order chi connectivity index (χ0) is 15.3. The first-order valence-electron chi connectivity index (χ1n) is 7.92. The number of nitrogens with one attached hydrogen (secondary N) is 2. The largest absolute Gasteiger partial charge is 0.444 e. The van der Waals surface area contributed by atoms with Crippen molar-refractivity contribution in [1.82, 2.24) is 10.6 Å².